The normalized spacial score (nSPS) is 20.8. The van der Waals surface area contributed by atoms with Crippen LogP contribution in [-0.4, -0.2) is 12.1 Å². The van der Waals surface area contributed by atoms with Gasteiger partial charge >= 0.3 is 12.1 Å². The van der Waals surface area contributed by atoms with E-state index in [1.165, 1.54) is 6.92 Å². The van der Waals surface area contributed by atoms with E-state index in [0.717, 1.165) is 5.56 Å². The highest BCUT2D eigenvalue weighted by molar-refractivity contribution is 5.78. The van der Waals surface area contributed by atoms with Crippen molar-refractivity contribution in [1.29, 1.82) is 0 Å². The molecule has 29 heavy (non-hydrogen) atoms. The van der Waals surface area contributed by atoms with E-state index in [0.29, 0.717) is 11.5 Å². The molecule has 0 amide bonds. The van der Waals surface area contributed by atoms with Crippen molar-refractivity contribution < 1.29 is 27.4 Å². The maximum absolute atomic E-state index is 12.6. The molecule has 1 aliphatic carbocycles. The molecule has 2 unspecified atom stereocenters. The summed E-state index contributed by atoms with van der Waals surface area (Å²) in [5, 5.41) is 0. The van der Waals surface area contributed by atoms with Crippen molar-refractivity contribution in [3.8, 4) is 11.5 Å². The number of benzene rings is 2. The zero-order chi connectivity index (χ0) is 21.2. The zero-order valence-electron chi connectivity index (χ0n) is 16.5. The number of carbonyl (C=O) groups is 1. The van der Waals surface area contributed by atoms with Crippen molar-refractivity contribution in [3.05, 3.63) is 71.8 Å². The van der Waals surface area contributed by atoms with Crippen LogP contribution in [0, 0.1) is 17.3 Å². The molecule has 2 atom stereocenters. The summed E-state index contributed by atoms with van der Waals surface area (Å²) in [6.07, 6.45) is -4.12. The summed E-state index contributed by atoms with van der Waals surface area (Å²) in [5.74, 6) is -0.229. The topological polar surface area (TPSA) is 35.5 Å². The van der Waals surface area contributed by atoms with Crippen LogP contribution in [0.4, 0.5) is 13.2 Å². The molecule has 0 N–H and O–H groups in total. The zero-order valence-corrected chi connectivity index (χ0v) is 16.5. The number of hydrogen-bond donors (Lipinski definition) is 0. The van der Waals surface area contributed by atoms with E-state index in [-0.39, 0.29) is 18.3 Å². The van der Waals surface area contributed by atoms with Crippen LogP contribution in [0.25, 0.3) is 0 Å². The number of alkyl halides is 3. The SMILES string of the molecule is C/C(=C/C(F)(F)F)C1C(C(=O)OCc2cccc(Oc3ccccc3)c2)C1(C)C. The number of halogens is 3. The van der Waals surface area contributed by atoms with Crippen molar-refractivity contribution in [3.63, 3.8) is 0 Å². The number of rotatable bonds is 6. The van der Waals surface area contributed by atoms with Crippen LogP contribution in [-0.2, 0) is 16.1 Å². The van der Waals surface area contributed by atoms with Crippen LogP contribution in [0.1, 0.15) is 26.3 Å². The summed E-state index contributed by atoms with van der Waals surface area (Å²) in [6, 6.07) is 16.4. The number of ether oxygens (including phenoxy) is 2. The predicted octanol–water partition coefficient (Wildman–Crippen LogP) is 6.30. The van der Waals surface area contributed by atoms with E-state index >= 15 is 0 Å². The first-order valence-corrected chi connectivity index (χ1v) is 9.32. The van der Waals surface area contributed by atoms with Crippen molar-refractivity contribution >= 4 is 5.97 Å². The maximum atomic E-state index is 12.6. The van der Waals surface area contributed by atoms with Gasteiger partial charge in [-0.05, 0) is 48.1 Å². The molecule has 0 bridgehead atoms. The highest BCUT2D eigenvalue weighted by Gasteiger charge is 2.63. The fourth-order valence-corrected chi connectivity index (χ4v) is 3.84. The van der Waals surface area contributed by atoms with Crippen LogP contribution in [0.2, 0.25) is 0 Å². The summed E-state index contributed by atoms with van der Waals surface area (Å²) in [7, 11) is 0. The Kier molecular flexibility index (Phi) is 5.73. The second-order valence-corrected chi connectivity index (χ2v) is 7.88. The number of allylic oxidation sites excluding steroid dienone is 2. The molecule has 2 aromatic rings. The molecular weight excluding hydrogens is 381 g/mol. The Balaban J connectivity index is 1.61. The van der Waals surface area contributed by atoms with E-state index in [9.17, 15) is 18.0 Å². The Hall–Kier alpha value is -2.76. The molecule has 0 heterocycles. The second-order valence-electron chi connectivity index (χ2n) is 7.88. The molecule has 0 spiro atoms. The Morgan fingerprint density at radius 1 is 1.03 bits per heavy atom. The van der Waals surface area contributed by atoms with Gasteiger partial charge in [0, 0.05) is 6.08 Å². The molecule has 3 rings (SSSR count). The van der Waals surface area contributed by atoms with E-state index in [1.54, 1.807) is 38.1 Å². The van der Waals surface area contributed by atoms with Gasteiger partial charge in [0.1, 0.15) is 18.1 Å². The second kappa shape index (κ2) is 7.93. The van der Waals surface area contributed by atoms with Gasteiger partial charge < -0.3 is 9.47 Å². The van der Waals surface area contributed by atoms with Gasteiger partial charge in [-0.25, -0.2) is 0 Å². The Labute approximate surface area is 168 Å². The highest BCUT2D eigenvalue weighted by atomic mass is 19.4. The average Bonchev–Trinajstić information content (AvgIpc) is 3.22. The molecule has 1 saturated carbocycles. The number of esters is 1. The van der Waals surface area contributed by atoms with Crippen LogP contribution in [0.5, 0.6) is 11.5 Å². The van der Waals surface area contributed by atoms with Crippen LogP contribution >= 0.6 is 0 Å². The van der Waals surface area contributed by atoms with Gasteiger partial charge in [-0.1, -0.05) is 49.8 Å². The fourth-order valence-electron chi connectivity index (χ4n) is 3.84. The quantitative estimate of drug-likeness (QED) is 0.418. The predicted molar refractivity (Wildman–Crippen MR) is 103 cm³/mol. The number of para-hydroxylation sites is 1. The molecule has 0 saturated heterocycles. The van der Waals surface area contributed by atoms with Gasteiger partial charge in [-0.2, -0.15) is 13.2 Å². The first-order valence-electron chi connectivity index (χ1n) is 9.32. The average molecular weight is 404 g/mol. The smallest absolute Gasteiger partial charge is 0.409 e. The lowest BCUT2D eigenvalue weighted by Crippen LogP contribution is -2.11. The first-order chi connectivity index (χ1) is 13.6. The Morgan fingerprint density at radius 3 is 2.34 bits per heavy atom. The van der Waals surface area contributed by atoms with E-state index in [4.69, 9.17) is 9.47 Å². The molecule has 1 fully saturated rings. The van der Waals surface area contributed by atoms with Gasteiger partial charge in [0.05, 0.1) is 5.92 Å². The summed E-state index contributed by atoms with van der Waals surface area (Å²) in [5.41, 5.74) is 0.341. The van der Waals surface area contributed by atoms with Crippen molar-refractivity contribution in [2.45, 2.75) is 33.6 Å². The highest BCUT2D eigenvalue weighted by Crippen LogP contribution is 2.62. The monoisotopic (exact) mass is 404 g/mol. The number of hydrogen-bond acceptors (Lipinski definition) is 3. The third-order valence-electron chi connectivity index (χ3n) is 5.22. The summed E-state index contributed by atoms with van der Waals surface area (Å²) < 4.78 is 49.1. The molecular formula is C23H23F3O3. The lowest BCUT2D eigenvalue weighted by atomic mass is 10.0. The van der Waals surface area contributed by atoms with E-state index in [2.05, 4.69) is 0 Å². The Bertz CT molecular complexity index is 901. The molecule has 154 valence electrons. The molecule has 1 aliphatic rings. The van der Waals surface area contributed by atoms with Gasteiger partial charge in [-0.15, -0.1) is 0 Å². The third-order valence-corrected chi connectivity index (χ3v) is 5.22. The Morgan fingerprint density at radius 2 is 1.69 bits per heavy atom. The van der Waals surface area contributed by atoms with Crippen LogP contribution in [0.15, 0.2) is 66.2 Å². The van der Waals surface area contributed by atoms with E-state index < -0.39 is 29.4 Å². The molecule has 0 aliphatic heterocycles. The van der Waals surface area contributed by atoms with E-state index in [1.807, 2.05) is 30.3 Å². The maximum Gasteiger partial charge on any atom is 0.409 e. The minimum atomic E-state index is -4.39. The standard InChI is InChI=1S/C23H23F3O3/c1-15(13-23(24,25)26)19-20(22(19,2)3)21(27)28-14-16-8-7-11-18(12-16)29-17-9-5-4-6-10-17/h4-13,19-20H,14H2,1-3H3/b15-13-. The third kappa shape index (κ3) is 5.19. The molecule has 0 aromatic heterocycles. The molecule has 3 nitrogen and oxygen atoms in total. The van der Waals surface area contributed by atoms with Crippen molar-refractivity contribution in [2.75, 3.05) is 0 Å². The largest absolute Gasteiger partial charge is 0.461 e. The van der Waals surface area contributed by atoms with Crippen molar-refractivity contribution in [1.82, 2.24) is 0 Å². The van der Waals surface area contributed by atoms with Gasteiger partial charge in [0.25, 0.3) is 0 Å². The van der Waals surface area contributed by atoms with Gasteiger partial charge in [0.2, 0.25) is 0 Å². The lowest BCUT2D eigenvalue weighted by molar-refractivity contribution is -0.147. The fraction of sp³-hybridized carbons (Fsp3) is 0.348. The van der Waals surface area contributed by atoms with Crippen molar-refractivity contribution in [2.24, 2.45) is 17.3 Å². The van der Waals surface area contributed by atoms with Crippen LogP contribution in [0.3, 0.4) is 0 Å². The summed E-state index contributed by atoms with van der Waals surface area (Å²) >= 11 is 0. The van der Waals surface area contributed by atoms with Gasteiger partial charge in [-0.3, -0.25) is 4.79 Å². The van der Waals surface area contributed by atoms with Gasteiger partial charge in [0.15, 0.2) is 0 Å². The minimum absolute atomic E-state index is 0.0339. The molecule has 2 aromatic carbocycles. The first kappa shape index (κ1) is 21.0. The lowest BCUT2D eigenvalue weighted by Gasteiger charge is -2.09. The summed E-state index contributed by atoms with van der Waals surface area (Å²) in [4.78, 5) is 12.5. The minimum Gasteiger partial charge on any atom is -0.461 e. The molecule has 6 heteroatoms. The summed E-state index contributed by atoms with van der Waals surface area (Å²) in [6.45, 7) is 5.01. The molecule has 0 radical (unpaired) electrons. The van der Waals surface area contributed by atoms with Crippen LogP contribution < -0.4 is 4.74 Å². The number of carbonyl (C=O) groups excluding carboxylic acids is 1.